The van der Waals surface area contributed by atoms with Gasteiger partial charge in [0.25, 0.3) is 0 Å². The number of carboxylic acid groups (broad SMARTS) is 1. The molecule has 2 aromatic heterocycles. The van der Waals surface area contributed by atoms with E-state index in [1.165, 1.54) is 35.3 Å². The number of aromatic carboxylic acids is 1. The molecule has 0 radical (unpaired) electrons. The van der Waals surface area contributed by atoms with Gasteiger partial charge in [-0.2, -0.15) is 10.4 Å². The molecule has 0 aliphatic heterocycles. The van der Waals surface area contributed by atoms with Gasteiger partial charge in [-0.05, 0) is 17.7 Å². The first kappa shape index (κ1) is 17.9. The second-order valence-electron chi connectivity index (χ2n) is 5.25. The monoisotopic (exact) mass is 374 g/mol. The van der Waals surface area contributed by atoms with E-state index >= 15 is 0 Å². The zero-order valence-corrected chi connectivity index (χ0v) is 13.3. The first-order chi connectivity index (χ1) is 12.8. The molecule has 0 unspecified atom stereocenters. The van der Waals surface area contributed by atoms with Gasteiger partial charge in [0.1, 0.15) is 5.75 Å². The lowest BCUT2D eigenvalue weighted by Crippen LogP contribution is -2.16. The van der Waals surface area contributed by atoms with Gasteiger partial charge in [0.2, 0.25) is 0 Å². The molecule has 0 aliphatic rings. The summed E-state index contributed by atoms with van der Waals surface area (Å²) in [5.41, 5.74) is 1.01. The molecular formula is C17H9F3N4O3. The van der Waals surface area contributed by atoms with Crippen LogP contribution in [0.25, 0.3) is 16.9 Å². The Morgan fingerprint density at radius 3 is 2.48 bits per heavy atom. The summed E-state index contributed by atoms with van der Waals surface area (Å²) in [6.07, 6.45) is -1.05. The van der Waals surface area contributed by atoms with Crippen molar-refractivity contribution >= 4 is 5.97 Å². The van der Waals surface area contributed by atoms with E-state index in [9.17, 15) is 23.2 Å². The lowest BCUT2D eigenvalue weighted by atomic mass is 10.0. The SMILES string of the molecule is N#Cc1cc(-n2cc(C(=O)O)cn2)ncc1-c1ccc(OC(F)(F)F)cc1. The first-order valence-corrected chi connectivity index (χ1v) is 7.31. The number of hydrogen-bond acceptors (Lipinski definition) is 5. The zero-order chi connectivity index (χ0) is 19.6. The van der Waals surface area contributed by atoms with E-state index in [-0.39, 0.29) is 22.7 Å². The molecule has 0 aliphatic carbocycles. The molecule has 0 saturated heterocycles. The lowest BCUT2D eigenvalue weighted by Gasteiger charge is -2.10. The fourth-order valence-corrected chi connectivity index (χ4v) is 2.29. The molecule has 3 rings (SSSR count). The Morgan fingerprint density at radius 2 is 1.93 bits per heavy atom. The molecule has 10 heteroatoms. The summed E-state index contributed by atoms with van der Waals surface area (Å²) < 4.78 is 41.7. The third-order valence-corrected chi connectivity index (χ3v) is 3.47. The Morgan fingerprint density at radius 1 is 1.22 bits per heavy atom. The Labute approximate surface area is 149 Å². The van der Waals surface area contributed by atoms with E-state index in [0.717, 1.165) is 18.3 Å². The third-order valence-electron chi connectivity index (χ3n) is 3.47. The number of ether oxygens (including phenoxy) is 1. The maximum Gasteiger partial charge on any atom is 0.573 e. The van der Waals surface area contributed by atoms with E-state index in [4.69, 9.17) is 5.11 Å². The minimum absolute atomic E-state index is 0.0420. The summed E-state index contributed by atoms with van der Waals surface area (Å²) in [7, 11) is 0. The van der Waals surface area contributed by atoms with Crippen molar-refractivity contribution in [2.45, 2.75) is 6.36 Å². The number of pyridine rings is 1. The van der Waals surface area contributed by atoms with Crippen molar-refractivity contribution in [2.24, 2.45) is 0 Å². The number of rotatable bonds is 4. The van der Waals surface area contributed by atoms with E-state index < -0.39 is 12.3 Å². The topological polar surface area (TPSA) is 101 Å². The second-order valence-corrected chi connectivity index (χ2v) is 5.25. The van der Waals surface area contributed by atoms with E-state index in [2.05, 4.69) is 14.8 Å². The molecule has 1 aromatic carbocycles. The molecule has 0 atom stereocenters. The lowest BCUT2D eigenvalue weighted by molar-refractivity contribution is -0.274. The van der Waals surface area contributed by atoms with Gasteiger partial charge in [0.15, 0.2) is 5.82 Å². The van der Waals surface area contributed by atoms with Gasteiger partial charge in [-0.15, -0.1) is 13.2 Å². The van der Waals surface area contributed by atoms with Crippen molar-refractivity contribution in [3.8, 4) is 28.8 Å². The second kappa shape index (κ2) is 6.80. The molecule has 0 amide bonds. The highest BCUT2D eigenvalue weighted by Gasteiger charge is 2.31. The van der Waals surface area contributed by atoms with Crippen LogP contribution in [0.1, 0.15) is 15.9 Å². The largest absolute Gasteiger partial charge is 0.573 e. The van der Waals surface area contributed by atoms with Crippen LogP contribution in [0.2, 0.25) is 0 Å². The fraction of sp³-hybridized carbons (Fsp3) is 0.0588. The minimum Gasteiger partial charge on any atom is -0.478 e. The number of halogens is 3. The maximum atomic E-state index is 12.2. The van der Waals surface area contributed by atoms with Gasteiger partial charge in [-0.1, -0.05) is 12.1 Å². The predicted octanol–water partition coefficient (Wildman–Crippen LogP) is 3.40. The van der Waals surface area contributed by atoms with Crippen molar-refractivity contribution in [3.05, 3.63) is 60.0 Å². The Kier molecular flexibility index (Phi) is 4.51. The van der Waals surface area contributed by atoms with E-state index in [1.54, 1.807) is 0 Å². The summed E-state index contributed by atoms with van der Waals surface area (Å²) in [5.74, 6) is -1.31. The van der Waals surface area contributed by atoms with Gasteiger partial charge in [0, 0.05) is 24.0 Å². The molecule has 27 heavy (non-hydrogen) atoms. The Hall–Kier alpha value is -3.87. The van der Waals surface area contributed by atoms with Gasteiger partial charge in [-0.3, -0.25) is 0 Å². The van der Waals surface area contributed by atoms with E-state index in [0.29, 0.717) is 11.1 Å². The highest BCUT2D eigenvalue weighted by Crippen LogP contribution is 2.28. The summed E-state index contributed by atoms with van der Waals surface area (Å²) >= 11 is 0. The van der Waals surface area contributed by atoms with E-state index in [1.807, 2.05) is 6.07 Å². The number of benzene rings is 1. The molecule has 136 valence electrons. The van der Waals surface area contributed by atoms with Crippen LogP contribution in [-0.2, 0) is 0 Å². The van der Waals surface area contributed by atoms with Crippen molar-refractivity contribution in [3.63, 3.8) is 0 Å². The van der Waals surface area contributed by atoms with Gasteiger partial charge >= 0.3 is 12.3 Å². The van der Waals surface area contributed by atoms with Gasteiger partial charge in [-0.25, -0.2) is 14.5 Å². The summed E-state index contributed by atoms with van der Waals surface area (Å²) in [6, 6.07) is 8.37. The van der Waals surface area contributed by atoms with Crippen LogP contribution in [0.4, 0.5) is 13.2 Å². The highest BCUT2D eigenvalue weighted by molar-refractivity contribution is 5.87. The number of nitrogens with zero attached hydrogens (tertiary/aromatic N) is 4. The van der Waals surface area contributed by atoms with Crippen molar-refractivity contribution in [2.75, 3.05) is 0 Å². The average Bonchev–Trinajstić information content (AvgIpc) is 3.11. The quantitative estimate of drug-likeness (QED) is 0.751. The molecule has 0 saturated carbocycles. The number of carbonyl (C=O) groups is 1. The first-order valence-electron chi connectivity index (χ1n) is 7.31. The van der Waals surface area contributed by atoms with Crippen LogP contribution in [0, 0.1) is 11.3 Å². The van der Waals surface area contributed by atoms with Crippen LogP contribution < -0.4 is 4.74 Å². The zero-order valence-electron chi connectivity index (χ0n) is 13.3. The standard InChI is InChI=1S/C17H9F3N4O3/c18-17(19,20)27-13-3-1-10(2-4-13)14-8-22-15(5-11(14)6-21)24-9-12(7-23-24)16(25)26/h1-5,7-9H,(H,25,26). The summed E-state index contributed by atoms with van der Waals surface area (Å²) in [6.45, 7) is 0. The normalized spacial score (nSPS) is 11.0. The van der Waals surface area contributed by atoms with Crippen LogP contribution in [-0.4, -0.2) is 32.2 Å². The Balaban J connectivity index is 1.92. The smallest absolute Gasteiger partial charge is 0.478 e. The minimum atomic E-state index is -4.79. The van der Waals surface area contributed by atoms with Crippen LogP contribution >= 0.6 is 0 Å². The number of aromatic nitrogens is 3. The molecule has 7 nitrogen and oxygen atoms in total. The molecule has 0 bridgehead atoms. The molecule has 3 aromatic rings. The van der Waals surface area contributed by atoms with Gasteiger partial charge in [0.05, 0.1) is 23.4 Å². The van der Waals surface area contributed by atoms with Crippen molar-refractivity contribution < 1.29 is 27.8 Å². The maximum absolute atomic E-state index is 12.2. The van der Waals surface area contributed by atoms with Crippen LogP contribution in [0.3, 0.4) is 0 Å². The molecule has 0 fully saturated rings. The van der Waals surface area contributed by atoms with Gasteiger partial charge < -0.3 is 9.84 Å². The number of alkyl halides is 3. The van der Waals surface area contributed by atoms with Crippen LogP contribution in [0.15, 0.2) is 48.9 Å². The third kappa shape index (κ3) is 4.04. The molecule has 1 N–H and O–H groups in total. The Bertz CT molecular complexity index is 1040. The average molecular weight is 374 g/mol. The predicted molar refractivity (Wildman–Crippen MR) is 85.2 cm³/mol. The molecule has 2 heterocycles. The van der Waals surface area contributed by atoms with Crippen LogP contribution in [0.5, 0.6) is 5.75 Å². The number of carboxylic acids is 1. The fourth-order valence-electron chi connectivity index (χ4n) is 2.29. The summed E-state index contributed by atoms with van der Waals surface area (Å²) in [4.78, 5) is 15.0. The van der Waals surface area contributed by atoms with Crippen molar-refractivity contribution in [1.82, 2.24) is 14.8 Å². The highest BCUT2D eigenvalue weighted by atomic mass is 19.4. The molecular weight excluding hydrogens is 365 g/mol. The molecule has 0 spiro atoms. The number of nitriles is 1. The van der Waals surface area contributed by atoms with Crippen molar-refractivity contribution in [1.29, 1.82) is 5.26 Å². The number of hydrogen-bond donors (Lipinski definition) is 1. The summed E-state index contributed by atoms with van der Waals surface area (Å²) in [5, 5.41) is 22.2.